The molecule has 0 bridgehead atoms. The maximum atomic E-state index is 12.5. The van der Waals surface area contributed by atoms with Crippen LogP contribution >= 0.6 is 0 Å². The van der Waals surface area contributed by atoms with E-state index in [-0.39, 0.29) is 5.97 Å². The van der Waals surface area contributed by atoms with Gasteiger partial charge in [0, 0.05) is 6.08 Å². The normalized spacial score (nSPS) is 13.2. The average molecular weight is 699 g/mol. The quantitative estimate of drug-likeness (QED) is 0.0397. The van der Waals surface area contributed by atoms with Gasteiger partial charge in [-0.2, -0.15) is 0 Å². The molecule has 0 saturated heterocycles. The number of allylic oxidation sites excluding steroid dienone is 11. The van der Waals surface area contributed by atoms with E-state index in [1.54, 1.807) is 13.2 Å². The summed E-state index contributed by atoms with van der Waals surface area (Å²) >= 11 is 0. The van der Waals surface area contributed by atoms with Crippen LogP contribution in [0.15, 0.2) is 94.2 Å². The van der Waals surface area contributed by atoms with Gasteiger partial charge in [-0.1, -0.05) is 109 Å². The molecule has 0 aliphatic heterocycles. The Morgan fingerprint density at radius 2 is 1.10 bits per heavy atom. The summed E-state index contributed by atoms with van der Waals surface area (Å²) in [6, 6.07) is 6.08. The van der Waals surface area contributed by atoms with E-state index in [0.29, 0.717) is 6.61 Å². The first-order chi connectivity index (χ1) is 24.5. The third-order valence-electron chi connectivity index (χ3n) is 9.33. The van der Waals surface area contributed by atoms with Crippen molar-refractivity contribution in [2.24, 2.45) is 0 Å². The second kappa shape index (κ2) is 29.3. The largest absolute Gasteiger partial charge is 0.497 e. The van der Waals surface area contributed by atoms with Crippen molar-refractivity contribution in [1.29, 1.82) is 0 Å². The fourth-order valence-corrected chi connectivity index (χ4v) is 5.93. The van der Waals surface area contributed by atoms with Gasteiger partial charge in [-0.05, 0) is 160 Å². The van der Waals surface area contributed by atoms with Crippen molar-refractivity contribution >= 4 is 12.0 Å². The minimum Gasteiger partial charge on any atom is -0.497 e. The molecule has 0 radical (unpaired) electrons. The van der Waals surface area contributed by atoms with Crippen LogP contribution in [0.2, 0.25) is 0 Å². The highest BCUT2D eigenvalue weighted by atomic mass is 16.5. The molecule has 51 heavy (non-hydrogen) atoms. The van der Waals surface area contributed by atoms with Gasteiger partial charge in [0.05, 0.1) is 7.11 Å². The lowest BCUT2D eigenvalue weighted by Crippen LogP contribution is -2.03. The monoisotopic (exact) mass is 699 g/mol. The summed E-state index contributed by atoms with van der Waals surface area (Å²) in [4.78, 5) is 12.5. The zero-order chi connectivity index (χ0) is 37.7. The molecule has 0 aliphatic carbocycles. The van der Waals surface area contributed by atoms with Crippen molar-refractivity contribution in [3.63, 3.8) is 0 Å². The first-order valence-electron chi connectivity index (χ1n) is 20.0. The van der Waals surface area contributed by atoms with Gasteiger partial charge in [0.2, 0.25) is 0 Å². The molecule has 0 N–H and O–H groups in total. The summed E-state index contributed by atoms with van der Waals surface area (Å²) < 4.78 is 11.0. The van der Waals surface area contributed by atoms with Crippen LogP contribution in [0.5, 0.6) is 5.75 Å². The first-order valence-corrected chi connectivity index (χ1v) is 20.0. The molecule has 0 atom stereocenters. The van der Waals surface area contributed by atoms with E-state index in [0.717, 1.165) is 87.5 Å². The Bertz CT molecular complexity index is 1340. The molecule has 1 aromatic rings. The van der Waals surface area contributed by atoms with Crippen LogP contribution in [-0.4, -0.2) is 19.7 Å². The third-order valence-corrected chi connectivity index (χ3v) is 9.33. The molecule has 0 unspecified atom stereocenters. The van der Waals surface area contributed by atoms with Gasteiger partial charge < -0.3 is 9.47 Å². The van der Waals surface area contributed by atoms with Crippen LogP contribution < -0.4 is 4.74 Å². The summed E-state index contributed by atoms with van der Waals surface area (Å²) in [6.07, 6.45) is 37.2. The molecular weight excluding hydrogens is 625 g/mol. The molecule has 0 amide bonds. The van der Waals surface area contributed by atoms with Crippen molar-refractivity contribution in [3.8, 4) is 5.75 Å². The zero-order valence-electron chi connectivity index (χ0n) is 34.3. The maximum absolute atomic E-state index is 12.5. The van der Waals surface area contributed by atoms with Gasteiger partial charge in [-0.25, -0.2) is 4.79 Å². The van der Waals surface area contributed by atoms with Gasteiger partial charge >= 0.3 is 5.97 Å². The molecule has 0 aliphatic rings. The first kappa shape index (κ1) is 45.7. The van der Waals surface area contributed by atoms with Crippen LogP contribution in [0, 0.1) is 0 Å². The van der Waals surface area contributed by atoms with Crippen molar-refractivity contribution < 1.29 is 14.3 Å². The van der Waals surface area contributed by atoms with Crippen LogP contribution in [0.1, 0.15) is 169 Å². The van der Waals surface area contributed by atoms with Crippen LogP contribution in [-0.2, 0) is 16.0 Å². The SMILES string of the molecule is CCCCCCCCc1cc(OC)ccc1/C=C/C(=O)OC/C(C)=C/CC/C(C)=C/CC/C(C)=C/CC/C=C(\C)CC/C=C(\C)CCC=C(C)C. The van der Waals surface area contributed by atoms with E-state index >= 15 is 0 Å². The summed E-state index contributed by atoms with van der Waals surface area (Å²) in [5.41, 5.74) is 10.7. The van der Waals surface area contributed by atoms with Crippen molar-refractivity contribution in [2.75, 3.05) is 13.7 Å². The van der Waals surface area contributed by atoms with Gasteiger partial charge in [0.15, 0.2) is 0 Å². The Morgan fingerprint density at radius 3 is 1.63 bits per heavy atom. The van der Waals surface area contributed by atoms with E-state index in [2.05, 4.69) is 91.0 Å². The van der Waals surface area contributed by atoms with Crippen molar-refractivity contribution in [3.05, 3.63) is 105 Å². The Kier molecular flexibility index (Phi) is 26.2. The predicted octanol–water partition coefficient (Wildman–Crippen LogP) is 14.8. The van der Waals surface area contributed by atoms with E-state index in [1.165, 1.54) is 72.0 Å². The third kappa shape index (κ3) is 25.3. The number of hydrogen-bond acceptors (Lipinski definition) is 3. The number of aryl methyl sites for hydroxylation is 1. The van der Waals surface area contributed by atoms with Crippen LogP contribution in [0.25, 0.3) is 6.08 Å². The van der Waals surface area contributed by atoms with E-state index < -0.39 is 0 Å². The molecule has 1 rings (SSSR count). The molecule has 0 saturated carbocycles. The number of rotatable bonds is 27. The van der Waals surface area contributed by atoms with Gasteiger partial charge in [0.25, 0.3) is 0 Å². The predicted molar refractivity (Wildman–Crippen MR) is 224 cm³/mol. The smallest absolute Gasteiger partial charge is 0.331 e. The second-order valence-corrected chi connectivity index (χ2v) is 14.8. The molecule has 0 heterocycles. The van der Waals surface area contributed by atoms with Crippen LogP contribution in [0.4, 0.5) is 0 Å². The second-order valence-electron chi connectivity index (χ2n) is 14.8. The fourth-order valence-electron chi connectivity index (χ4n) is 5.93. The lowest BCUT2D eigenvalue weighted by molar-refractivity contribution is -0.136. The minimum absolute atomic E-state index is 0.307. The molecule has 284 valence electrons. The number of unbranched alkanes of at least 4 members (excludes halogenated alkanes) is 6. The number of hydrogen-bond donors (Lipinski definition) is 0. The minimum atomic E-state index is -0.307. The van der Waals surface area contributed by atoms with Crippen LogP contribution in [0.3, 0.4) is 0 Å². The Labute approximate surface area is 314 Å². The van der Waals surface area contributed by atoms with E-state index in [1.807, 2.05) is 25.1 Å². The highest BCUT2D eigenvalue weighted by Crippen LogP contribution is 2.22. The Balaban J connectivity index is 2.36. The lowest BCUT2D eigenvalue weighted by Gasteiger charge is -2.09. The van der Waals surface area contributed by atoms with E-state index in [9.17, 15) is 4.79 Å². The molecule has 0 aromatic heterocycles. The lowest BCUT2D eigenvalue weighted by atomic mass is 9.99. The molecule has 3 heteroatoms. The molecular formula is C48H74O3. The Hall–Kier alpha value is -3.33. The zero-order valence-corrected chi connectivity index (χ0v) is 34.3. The number of methoxy groups -OCH3 is 1. The highest BCUT2D eigenvalue weighted by molar-refractivity contribution is 5.87. The van der Waals surface area contributed by atoms with Gasteiger partial charge in [-0.15, -0.1) is 0 Å². The number of benzene rings is 1. The summed E-state index contributed by atoms with van der Waals surface area (Å²) in [5, 5.41) is 0. The number of ether oxygens (including phenoxy) is 2. The van der Waals surface area contributed by atoms with E-state index in [4.69, 9.17) is 9.47 Å². The molecule has 0 fully saturated rings. The van der Waals surface area contributed by atoms with Gasteiger partial charge in [0.1, 0.15) is 12.4 Å². The fraction of sp³-hybridized carbons (Fsp3) is 0.562. The van der Waals surface area contributed by atoms with Crippen molar-refractivity contribution in [2.45, 2.75) is 165 Å². The van der Waals surface area contributed by atoms with Gasteiger partial charge in [-0.3, -0.25) is 0 Å². The topological polar surface area (TPSA) is 35.5 Å². The Morgan fingerprint density at radius 1 is 0.608 bits per heavy atom. The number of carbonyl (C=O) groups is 1. The summed E-state index contributed by atoms with van der Waals surface area (Å²) in [7, 11) is 1.70. The molecule has 0 spiro atoms. The standard InChI is InChI=1S/C48H74O3/c1-10-11-12-13-14-15-32-46-37-47(50-9)35-33-45(46)34-36-48(49)51-38-44(8)31-21-30-43(7)29-20-27-41(5)24-17-16-23-40(4)26-19-28-42(6)25-18-22-39(2)3/h22-24,28-29,31,33-37H,10-21,25-27,30,32,38H2,1-9H3/b36-34+,40-23+,41-24+,42-28+,43-29+,44-31+. The molecule has 3 nitrogen and oxygen atoms in total. The summed E-state index contributed by atoms with van der Waals surface area (Å²) in [5.74, 6) is 0.549. The molecule has 1 aromatic carbocycles. The highest BCUT2D eigenvalue weighted by Gasteiger charge is 2.05. The van der Waals surface area contributed by atoms with Crippen molar-refractivity contribution in [1.82, 2.24) is 0 Å². The number of esters is 1. The number of carbonyl (C=O) groups excluding carboxylic acids is 1. The maximum Gasteiger partial charge on any atom is 0.331 e. The summed E-state index contributed by atoms with van der Waals surface area (Å²) in [6.45, 7) is 18.0. The average Bonchev–Trinajstić information content (AvgIpc) is 3.09.